The van der Waals surface area contributed by atoms with Crippen molar-refractivity contribution in [2.75, 3.05) is 5.32 Å². The van der Waals surface area contributed by atoms with Crippen molar-refractivity contribution < 1.29 is 14.7 Å². The van der Waals surface area contributed by atoms with Crippen LogP contribution in [0.25, 0.3) is 10.8 Å². The molecule has 24 heavy (non-hydrogen) atoms. The Labute approximate surface area is 138 Å². The van der Waals surface area contributed by atoms with Gasteiger partial charge in [-0.1, -0.05) is 54.6 Å². The maximum atomic E-state index is 12.7. The zero-order valence-corrected chi connectivity index (χ0v) is 12.8. The number of Topliss-reactive ketones (excluding diaryl/α,β-unsaturated/α-hetero) is 1. The minimum atomic E-state index is -1.82. The van der Waals surface area contributed by atoms with Crippen LogP contribution in [0.1, 0.15) is 22.3 Å². The minimum Gasteiger partial charge on any atom is -0.375 e. The first kappa shape index (κ1) is 14.6. The lowest BCUT2D eigenvalue weighted by Gasteiger charge is -2.20. The van der Waals surface area contributed by atoms with E-state index in [1.165, 1.54) is 0 Å². The molecule has 2 N–H and O–H groups in total. The second-order valence-electron chi connectivity index (χ2n) is 6.02. The normalized spacial score (nSPS) is 19.1. The van der Waals surface area contributed by atoms with Gasteiger partial charge in [0.05, 0.1) is 6.42 Å². The minimum absolute atomic E-state index is 0.268. The molecule has 0 fully saturated rings. The van der Waals surface area contributed by atoms with Gasteiger partial charge in [-0.2, -0.15) is 0 Å². The quantitative estimate of drug-likeness (QED) is 0.729. The lowest BCUT2D eigenvalue weighted by Crippen LogP contribution is -2.36. The van der Waals surface area contributed by atoms with Gasteiger partial charge < -0.3 is 10.4 Å². The van der Waals surface area contributed by atoms with Crippen molar-refractivity contribution in [2.24, 2.45) is 0 Å². The smallest absolute Gasteiger partial charge is 0.261 e. The van der Waals surface area contributed by atoms with Gasteiger partial charge in [-0.25, -0.2) is 0 Å². The third-order valence-corrected chi connectivity index (χ3v) is 4.48. The first-order valence-electron chi connectivity index (χ1n) is 7.73. The molecule has 0 aromatic heterocycles. The van der Waals surface area contributed by atoms with Crippen molar-refractivity contribution >= 4 is 28.2 Å². The van der Waals surface area contributed by atoms with Crippen LogP contribution < -0.4 is 5.32 Å². The third kappa shape index (κ3) is 2.20. The molecule has 1 aliphatic heterocycles. The van der Waals surface area contributed by atoms with E-state index in [9.17, 15) is 14.7 Å². The molecule has 1 heterocycles. The second-order valence-corrected chi connectivity index (χ2v) is 6.02. The molecule has 0 aliphatic carbocycles. The van der Waals surface area contributed by atoms with Gasteiger partial charge >= 0.3 is 0 Å². The summed E-state index contributed by atoms with van der Waals surface area (Å²) in [5.41, 5.74) is -0.334. The number of carbonyl (C=O) groups excluding carboxylic acids is 2. The van der Waals surface area contributed by atoms with Crippen LogP contribution in [-0.4, -0.2) is 16.8 Å². The third-order valence-electron chi connectivity index (χ3n) is 4.48. The molecule has 0 saturated heterocycles. The lowest BCUT2D eigenvalue weighted by atomic mass is 9.88. The van der Waals surface area contributed by atoms with Gasteiger partial charge in [0.25, 0.3) is 5.91 Å². The average molecular weight is 317 g/mol. The Morgan fingerprint density at radius 3 is 2.50 bits per heavy atom. The van der Waals surface area contributed by atoms with E-state index in [4.69, 9.17) is 0 Å². The molecule has 1 aliphatic rings. The van der Waals surface area contributed by atoms with Crippen molar-refractivity contribution in [1.82, 2.24) is 0 Å². The highest BCUT2D eigenvalue weighted by Gasteiger charge is 2.46. The van der Waals surface area contributed by atoms with E-state index in [0.29, 0.717) is 16.8 Å². The molecule has 1 amide bonds. The Hall–Kier alpha value is -2.98. The maximum Gasteiger partial charge on any atom is 0.261 e. The van der Waals surface area contributed by atoms with Crippen molar-refractivity contribution in [3.63, 3.8) is 0 Å². The predicted octanol–water partition coefficient (Wildman–Crippen LogP) is 3.25. The van der Waals surface area contributed by atoms with Crippen molar-refractivity contribution in [1.29, 1.82) is 0 Å². The number of aliphatic hydroxyl groups is 1. The predicted molar refractivity (Wildman–Crippen MR) is 91.9 cm³/mol. The summed E-state index contributed by atoms with van der Waals surface area (Å²) < 4.78 is 0. The molecule has 3 aromatic carbocycles. The number of amides is 1. The molecule has 0 bridgehead atoms. The Bertz CT molecular complexity index is 979. The SMILES string of the molecule is O=C(C[C@@]1(O)C(=O)Nc2ccccc21)c1ccc2ccccc2c1. The fraction of sp³-hybridized carbons (Fsp3) is 0.100. The summed E-state index contributed by atoms with van der Waals surface area (Å²) in [5, 5.41) is 15.4. The molecular weight excluding hydrogens is 302 g/mol. The molecule has 3 aromatic rings. The number of ketones is 1. The summed E-state index contributed by atoms with van der Waals surface area (Å²) in [6.45, 7) is 0. The average Bonchev–Trinajstić information content (AvgIpc) is 2.85. The molecule has 0 radical (unpaired) electrons. The standard InChI is InChI=1S/C20H15NO3/c22-18(15-10-9-13-5-1-2-6-14(13)11-15)12-20(24)16-7-3-4-8-17(16)21-19(20)23/h1-11,24H,12H2,(H,21,23)/t20-/m0/s1. The topological polar surface area (TPSA) is 66.4 Å². The molecule has 4 rings (SSSR count). The van der Waals surface area contributed by atoms with E-state index in [1.54, 1.807) is 36.4 Å². The van der Waals surface area contributed by atoms with Crippen LogP contribution in [0.3, 0.4) is 0 Å². The molecule has 0 unspecified atom stereocenters. The summed E-state index contributed by atoms with van der Waals surface area (Å²) in [6, 6.07) is 20.0. The van der Waals surface area contributed by atoms with E-state index in [2.05, 4.69) is 5.32 Å². The number of hydrogen-bond acceptors (Lipinski definition) is 3. The Morgan fingerprint density at radius 1 is 0.958 bits per heavy atom. The van der Waals surface area contributed by atoms with E-state index >= 15 is 0 Å². The number of anilines is 1. The second kappa shape index (κ2) is 5.28. The van der Waals surface area contributed by atoms with Crippen molar-refractivity contribution in [3.8, 4) is 0 Å². The molecule has 0 saturated carbocycles. The Morgan fingerprint density at radius 2 is 1.67 bits per heavy atom. The highest BCUT2D eigenvalue weighted by atomic mass is 16.3. The van der Waals surface area contributed by atoms with Crippen LogP contribution in [0.15, 0.2) is 66.7 Å². The first-order chi connectivity index (χ1) is 11.6. The number of fused-ring (bicyclic) bond motifs is 2. The van der Waals surface area contributed by atoms with Crippen LogP contribution in [-0.2, 0) is 10.4 Å². The summed E-state index contributed by atoms with van der Waals surface area (Å²) in [6.07, 6.45) is -0.284. The zero-order valence-electron chi connectivity index (χ0n) is 12.8. The number of carbonyl (C=O) groups is 2. The largest absolute Gasteiger partial charge is 0.375 e. The molecule has 0 spiro atoms. The Kier molecular flexibility index (Phi) is 3.22. The molecule has 4 nitrogen and oxygen atoms in total. The summed E-state index contributed by atoms with van der Waals surface area (Å²) in [4.78, 5) is 24.9. The van der Waals surface area contributed by atoms with Gasteiger partial charge in [0.2, 0.25) is 0 Å². The maximum absolute atomic E-state index is 12.7. The van der Waals surface area contributed by atoms with Crippen LogP contribution in [0.4, 0.5) is 5.69 Å². The first-order valence-corrected chi connectivity index (χ1v) is 7.73. The number of hydrogen-bond donors (Lipinski definition) is 2. The monoisotopic (exact) mass is 317 g/mol. The fourth-order valence-electron chi connectivity index (χ4n) is 3.17. The molecule has 1 atom stereocenters. The number of para-hydroxylation sites is 1. The van der Waals surface area contributed by atoms with Crippen LogP contribution in [0, 0.1) is 0 Å². The molecule has 118 valence electrons. The summed E-state index contributed by atoms with van der Waals surface area (Å²) >= 11 is 0. The van der Waals surface area contributed by atoms with E-state index in [-0.39, 0.29) is 12.2 Å². The van der Waals surface area contributed by atoms with E-state index in [0.717, 1.165) is 10.8 Å². The van der Waals surface area contributed by atoms with Crippen LogP contribution in [0.5, 0.6) is 0 Å². The fourth-order valence-corrected chi connectivity index (χ4v) is 3.17. The van der Waals surface area contributed by atoms with Crippen molar-refractivity contribution in [3.05, 3.63) is 77.9 Å². The van der Waals surface area contributed by atoms with Crippen LogP contribution >= 0.6 is 0 Å². The highest BCUT2D eigenvalue weighted by molar-refractivity contribution is 6.10. The number of nitrogens with one attached hydrogen (secondary N) is 1. The van der Waals surface area contributed by atoms with Gasteiger partial charge in [0.1, 0.15) is 0 Å². The summed E-state index contributed by atoms with van der Waals surface area (Å²) in [7, 11) is 0. The van der Waals surface area contributed by atoms with Gasteiger partial charge in [-0.15, -0.1) is 0 Å². The number of benzene rings is 3. The van der Waals surface area contributed by atoms with Gasteiger partial charge in [0.15, 0.2) is 11.4 Å². The zero-order chi connectivity index (χ0) is 16.7. The van der Waals surface area contributed by atoms with Gasteiger partial charge in [0, 0.05) is 16.8 Å². The van der Waals surface area contributed by atoms with Gasteiger partial charge in [-0.3, -0.25) is 9.59 Å². The van der Waals surface area contributed by atoms with Gasteiger partial charge in [-0.05, 0) is 22.9 Å². The highest BCUT2D eigenvalue weighted by Crippen LogP contribution is 2.38. The molecule has 4 heteroatoms. The summed E-state index contributed by atoms with van der Waals surface area (Å²) in [5.74, 6) is -0.826. The van der Waals surface area contributed by atoms with Crippen LogP contribution in [0.2, 0.25) is 0 Å². The van der Waals surface area contributed by atoms with Crippen molar-refractivity contribution in [2.45, 2.75) is 12.0 Å². The lowest BCUT2D eigenvalue weighted by molar-refractivity contribution is -0.133. The number of rotatable bonds is 3. The Balaban J connectivity index is 1.69. The van der Waals surface area contributed by atoms with E-state index < -0.39 is 11.5 Å². The molecular formula is C20H15NO3. The van der Waals surface area contributed by atoms with E-state index in [1.807, 2.05) is 30.3 Å².